The third kappa shape index (κ3) is 3.89. The number of hydrogen-bond acceptors (Lipinski definition) is 2. The predicted molar refractivity (Wildman–Crippen MR) is 71.3 cm³/mol. The highest BCUT2D eigenvalue weighted by atomic mass is 16.2. The van der Waals surface area contributed by atoms with E-state index >= 15 is 0 Å². The fourth-order valence-electron chi connectivity index (χ4n) is 2.24. The molecule has 104 valence electrons. The number of carbonyl (C=O) groups is 2. The smallest absolute Gasteiger partial charge is 0.319 e. The van der Waals surface area contributed by atoms with Gasteiger partial charge in [0.1, 0.15) is 0 Å². The average Bonchev–Trinajstić information content (AvgIpc) is 2.40. The molecule has 5 heteroatoms. The molecule has 0 unspecified atom stereocenters. The molecule has 5 nitrogen and oxygen atoms in total. The van der Waals surface area contributed by atoms with Crippen molar-refractivity contribution in [1.29, 1.82) is 0 Å². The molecule has 0 radical (unpaired) electrons. The van der Waals surface area contributed by atoms with Crippen molar-refractivity contribution < 1.29 is 9.59 Å². The van der Waals surface area contributed by atoms with Crippen molar-refractivity contribution in [3.8, 4) is 0 Å². The number of nitrogens with zero attached hydrogens (tertiary/aromatic N) is 2. The SMILES string of the molecule is CCC(=O)NC1CCN(C(=O)N(CC)CC)CC1. The van der Waals surface area contributed by atoms with Crippen LogP contribution >= 0.6 is 0 Å². The van der Waals surface area contributed by atoms with E-state index in [0.717, 1.165) is 39.0 Å². The summed E-state index contributed by atoms with van der Waals surface area (Å²) in [6.45, 7) is 8.83. The predicted octanol–water partition coefficient (Wildman–Crippen LogP) is 1.44. The molecule has 0 aliphatic carbocycles. The van der Waals surface area contributed by atoms with Gasteiger partial charge in [-0.15, -0.1) is 0 Å². The van der Waals surface area contributed by atoms with Gasteiger partial charge in [0.05, 0.1) is 0 Å². The van der Waals surface area contributed by atoms with Crippen molar-refractivity contribution >= 4 is 11.9 Å². The Kier molecular flexibility index (Phi) is 5.95. The number of hydrogen-bond donors (Lipinski definition) is 1. The van der Waals surface area contributed by atoms with E-state index in [9.17, 15) is 9.59 Å². The number of piperidine rings is 1. The molecular formula is C13H25N3O2. The van der Waals surface area contributed by atoms with E-state index in [1.165, 1.54) is 0 Å². The molecule has 1 fully saturated rings. The van der Waals surface area contributed by atoms with Gasteiger partial charge in [-0.2, -0.15) is 0 Å². The van der Waals surface area contributed by atoms with Crippen molar-refractivity contribution in [2.75, 3.05) is 26.2 Å². The molecule has 0 spiro atoms. The van der Waals surface area contributed by atoms with Crippen molar-refractivity contribution in [1.82, 2.24) is 15.1 Å². The highest BCUT2D eigenvalue weighted by Crippen LogP contribution is 2.12. The maximum atomic E-state index is 12.1. The Morgan fingerprint density at radius 1 is 1.17 bits per heavy atom. The van der Waals surface area contributed by atoms with Crippen LogP contribution in [0.4, 0.5) is 4.79 Å². The maximum Gasteiger partial charge on any atom is 0.319 e. The van der Waals surface area contributed by atoms with E-state index in [2.05, 4.69) is 5.32 Å². The Bertz CT molecular complexity index is 282. The van der Waals surface area contributed by atoms with Crippen LogP contribution in [-0.2, 0) is 4.79 Å². The van der Waals surface area contributed by atoms with Crippen LogP contribution in [0.2, 0.25) is 0 Å². The lowest BCUT2D eigenvalue weighted by Gasteiger charge is -2.35. The second-order valence-corrected chi connectivity index (χ2v) is 4.64. The molecule has 1 heterocycles. The van der Waals surface area contributed by atoms with Crippen molar-refractivity contribution in [2.45, 2.75) is 46.1 Å². The molecule has 0 aromatic carbocycles. The summed E-state index contributed by atoms with van der Waals surface area (Å²) in [5.41, 5.74) is 0. The van der Waals surface area contributed by atoms with E-state index in [-0.39, 0.29) is 18.0 Å². The van der Waals surface area contributed by atoms with E-state index < -0.39 is 0 Å². The van der Waals surface area contributed by atoms with Gasteiger partial charge in [0.15, 0.2) is 0 Å². The molecule has 3 amide bonds. The Balaban J connectivity index is 2.39. The van der Waals surface area contributed by atoms with Crippen LogP contribution in [-0.4, -0.2) is 54.0 Å². The first-order valence-electron chi connectivity index (χ1n) is 6.95. The summed E-state index contributed by atoms with van der Waals surface area (Å²) >= 11 is 0. The molecule has 0 aromatic heterocycles. The van der Waals surface area contributed by atoms with Crippen LogP contribution in [0.15, 0.2) is 0 Å². The maximum absolute atomic E-state index is 12.1. The number of urea groups is 1. The number of rotatable bonds is 4. The van der Waals surface area contributed by atoms with Gasteiger partial charge in [0, 0.05) is 38.6 Å². The van der Waals surface area contributed by atoms with E-state index in [1.54, 1.807) is 0 Å². The first-order chi connectivity index (χ1) is 8.62. The minimum atomic E-state index is 0.100. The van der Waals surface area contributed by atoms with Gasteiger partial charge in [0.2, 0.25) is 5.91 Å². The highest BCUT2D eigenvalue weighted by molar-refractivity contribution is 5.76. The van der Waals surface area contributed by atoms with Crippen molar-refractivity contribution in [3.63, 3.8) is 0 Å². The van der Waals surface area contributed by atoms with E-state index in [1.807, 2.05) is 30.6 Å². The Morgan fingerprint density at radius 3 is 2.17 bits per heavy atom. The Morgan fingerprint density at radius 2 is 1.72 bits per heavy atom. The molecule has 1 rings (SSSR count). The third-order valence-corrected chi connectivity index (χ3v) is 3.49. The monoisotopic (exact) mass is 255 g/mol. The number of likely N-dealkylation sites (tertiary alicyclic amines) is 1. The van der Waals surface area contributed by atoms with Crippen LogP contribution in [0, 0.1) is 0 Å². The van der Waals surface area contributed by atoms with Crippen LogP contribution in [0.3, 0.4) is 0 Å². The molecule has 0 atom stereocenters. The molecule has 18 heavy (non-hydrogen) atoms. The second-order valence-electron chi connectivity index (χ2n) is 4.64. The summed E-state index contributed by atoms with van der Waals surface area (Å²) in [5.74, 6) is 0.100. The van der Waals surface area contributed by atoms with Gasteiger partial charge in [-0.3, -0.25) is 4.79 Å². The quantitative estimate of drug-likeness (QED) is 0.826. The summed E-state index contributed by atoms with van der Waals surface area (Å²) in [6, 6.07) is 0.360. The molecule has 0 saturated carbocycles. The van der Waals surface area contributed by atoms with Gasteiger partial charge in [-0.1, -0.05) is 6.92 Å². The Hall–Kier alpha value is -1.26. The van der Waals surface area contributed by atoms with Crippen molar-refractivity contribution in [3.05, 3.63) is 0 Å². The normalized spacial score (nSPS) is 16.5. The number of nitrogens with one attached hydrogen (secondary N) is 1. The summed E-state index contributed by atoms with van der Waals surface area (Å²) < 4.78 is 0. The van der Waals surface area contributed by atoms with Crippen LogP contribution in [0.25, 0.3) is 0 Å². The zero-order valence-corrected chi connectivity index (χ0v) is 11.7. The fourth-order valence-corrected chi connectivity index (χ4v) is 2.24. The molecule has 0 aromatic rings. The molecule has 1 aliphatic rings. The summed E-state index contributed by atoms with van der Waals surface area (Å²) in [6.07, 6.45) is 2.25. The van der Waals surface area contributed by atoms with Gasteiger partial charge in [-0.05, 0) is 26.7 Å². The first kappa shape index (κ1) is 14.8. The lowest BCUT2D eigenvalue weighted by atomic mass is 10.1. The molecule has 1 aliphatic heterocycles. The summed E-state index contributed by atoms with van der Waals surface area (Å²) in [4.78, 5) is 27.1. The average molecular weight is 255 g/mol. The second kappa shape index (κ2) is 7.24. The standard InChI is InChI=1S/C13H25N3O2/c1-4-12(17)14-11-7-9-16(10-8-11)13(18)15(5-2)6-3/h11H,4-10H2,1-3H3,(H,14,17). The minimum absolute atomic E-state index is 0.100. The van der Waals surface area contributed by atoms with Crippen LogP contribution in [0.5, 0.6) is 0 Å². The van der Waals surface area contributed by atoms with Crippen LogP contribution in [0.1, 0.15) is 40.0 Å². The minimum Gasteiger partial charge on any atom is -0.353 e. The van der Waals surface area contributed by atoms with Gasteiger partial charge in [-0.25, -0.2) is 4.79 Å². The van der Waals surface area contributed by atoms with Gasteiger partial charge >= 0.3 is 6.03 Å². The van der Waals surface area contributed by atoms with Crippen molar-refractivity contribution in [2.24, 2.45) is 0 Å². The number of amides is 3. The highest BCUT2D eigenvalue weighted by Gasteiger charge is 2.25. The van der Waals surface area contributed by atoms with Gasteiger partial charge in [0.25, 0.3) is 0 Å². The molecule has 1 N–H and O–H groups in total. The fraction of sp³-hybridized carbons (Fsp3) is 0.846. The molecular weight excluding hydrogens is 230 g/mol. The lowest BCUT2D eigenvalue weighted by molar-refractivity contribution is -0.121. The number of carbonyl (C=O) groups excluding carboxylic acids is 2. The molecule has 0 bridgehead atoms. The summed E-state index contributed by atoms with van der Waals surface area (Å²) in [5, 5.41) is 2.99. The van der Waals surface area contributed by atoms with E-state index in [4.69, 9.17) is 0 Å². The first-order valence-corrected chi connectivity index (χ1v) is 6.95. The van der Waals surface area contributed by atoms with E-state index in [0.29, 0.717) is 6.42 Å². The topological polar surface area (TPSA) is 52.7 Å². The molecule has 1 saturated heterocycles. The third-order valence-electron chi connectivity index (χ3n) is 3.49. The lowest BCUT2D eigenvalue weighted by Crippen LogP contribution is -2.50. The largest absolute Gasteiger partial charge is 0.353 e. The van der Waals surface area contributed by atoms with Crippen LogP contribution < -0.4 is 5.32 Å². The Labute approximate surface area is 110 Å². The van der Waals surface area contributed by atoms with Gasteiger partial charge < -0.3 is 15.1 Å². The summed E-state index contributed by atoms with van der Waals surface area (Å²) in [7, 11) is 0. The zero-order chi connectivity index (χ0) is 13.5. The zero-order valence-electron chi connectivity index (χ0n) is 11.7.